The highest BCUT2D eigenvalue weighted by molar-refractivity contribution is 5.78. The number of amides is 1. The number of hydrogen-bond donors (Lipinski definition) is 1. The molecular weight excluding hydrogens is 330 g/mol. The van der Waals surface area contributed by atoms with E-state index in [2.05, 4.69) is 15.5 Å². The third-order valence-corrected chi connectivity index (χ3v) is 4.02. The molecule has 3 rings (SSSR count). The summed E-state index contributed by atoms with van der Waals surface area (Å²) in [7, 11) is 1.61. The van der Waals surface area contributed by atoms with Crippen LogP contribution in [0, 0.1) is 6.92 Å². The molecule has 6 nitrogen and oxygen atoms in total. The predicted molar refractivity (Wildman–Crippen MR) is 97.7 cm³/mol. The molecule has 0 saturated carbocycles. The first kappa shape index (κ1) is 17.7. The zero-order valence-corrected chi connectivity index (χ0v) is 15.0. The fourth-order valence-corrected chi connectivity index (χ4v) is 2.51. The normalized spacial score (nSPS) is 11.8. The molecule has 0 aliphatic rings. The van der Waals surface area contributed by atoms with Gasteiger partial charge in [0.05, 0.1) is 13.5 Å². The van der Waals surface area contributed by atoms with Crippen LogP contribution in [0.4, 0.5) is 0 Å². The zero-order chi connectivity index (χ0) is 18.5. The van der Waals surface area contributed by atoms with Crippen LogP contribution in [0.1, 0.15) is 30.0 Å². The summed E-state index contributed by atoms with van der Waals surface area (Å²) in [5, 5.41) is 6.88. The Kier molecular flexibility index (Phi) is 5.31. The van der Waals surface area contributed by atoms with E-state index in [0.717, 1.165) is 22.4 Å². The molecule has 0 radical (unpaired) electrons. The minimum atomic E-state index is -0.368. The number of nitrogens with one attached hydrogen (secondary N) is 1. The molecule has 0 saturated heterocycles. The zero-order valence-electron chi connectivity index (χ0n) is 15.0. The van der Waals surface area contributed by atoms with Crippen LogP contribution in [0.5, 0.6) is 5.75 Å². The molecular formula is C20H21N3O3. The van der Waals surface area contributed by atoms with Crippen LogP contribution in [0.15, 0.2) is 53.1 Å². The number of carbonyl (C=O) groups excluding carboxylic acids is 1. The highest BCUT2D eigenvalue weighted by atomic mass is 16.5. The van der Waals surface area contributed by atoms with Crippen LogP contribution >= 0.6 is 0 Å². The van der Waals surface area contributed by atoms with E-state index in [9.17, 15) is 4.79 Å². The van der Waals surface area contributed by atoms with Crippen LogP contribution in [0.3, 0.4) is 0 Å². The molecule has 0 spiro atoms. The largest absolute Gasteiger partial charge is 0.497 e. The van der Waals surface area contributed by atoms with Crippen molar-refractivity contribution < 1.29 is 14.1 Å². The van der Waals surface area contributed by atoms with Gasteiger partial charge in [0.2, 0.25) is 17.6 Å². The van der Waals surface area contributed by atoms with Crippen LogP contribution in [-0.2, 0) is 11.2 Å². The summed E-state index contributed by atoms with van der Waals surface area (Å²) in [6.45, 7) is 3.84. The fourth-order valence-electron chi connectivity index (χ4n) is 2.51. The number of rotatable bonds is 6. The lowest BCUT2D eigenvalue weighted by Gasteiger charge is -2.10. The van der Waals surface area contributed by atoms with Crippen LogP contribution in [0.2, 0.25) is 0 Å². The van der Waals surface area contributed by atoms with E-state index in [4.69, 9.17) is 9.26 Å². The van der Waals surface area contributed by atoms with Crippen molar-refractivity contribution in [2.45, 2.75) is 26.3 Å². The van der Waals surface area contributed by atoms with E-state index in [-0.39, 0.29) is 18.4 Å². The van der Waals surface area contributed by atoms with Crippen molar-refractivity contribution in [2.75, 3.05) is 7.11 Å². The van der Waals surface area contributed by atoms with E-state index in [1.165, 1.54) is 0 Å². The van der Waals surface area contributed by atoms with Crippen molar-refractivity contribution in [3.05, 3.63) is 65.5 Å². The van der Waals surface area contributed by atoms with Gasteiger partial charge in [-0.15, -0.1) is 0 Å². The van der Waals surface area contributed by atoms with Gasteiger partial charge in [0.15, 0.2) is 0 Å². The summed E-state index contributed by atoms with van der Waals surface area (Å²) >= 11 is 0. The van der Waals surface area contributed by atoms with Gasteiger partial charge in [-0.3, -0.25) is 4.79 Å². The van der Waals surface area contributed by atoms with Crippen molar-refractivity contribution >= 4 is 5.91 Å². The molecule has 134 valence electrons. The molecule has 0 bridgehead atoms. The Labute approximate surface area is 152 Å². The molecule has 2 aromatic carbocycles. The van der Waals surface area contributed by atoms with Gasteiger partial charge in [-0.25, -0.2) is 0 Å². The van der Waals surface area contributed by atoms with Crippen LogP contribution < -0.4 is 10.1 Å². The molecule has 6 heteroatoms. The number of aryl methyl sites for hydroxylation is 1. The number of carbonyl (C=O) groups is 1. The lowest BCUT2D eigenvalue weighted by molar-refractivity contribution is -0.121. The Hall–Kier alpha value is -3.15. The van der Waals surface area contributed by atoms with Gasteiger partial charge in [0.25, 0.3) is 0 Å². The topological polar surface area (TPSA) is 77.2 Å². The average molecular weight is 351 g/mol. The van der Waals surface area contributed by atoms with Gasteiger partial charge in [-0.1, -0.05) is 47.1 Å². The van der Waals surface area contributed by atoms with E-state index < -0.39 is 0 Å². The van der Waals surface area contributed by atoms with E-state index in [1.807, 2.05) is 62.4 Å². The summed E-state index contributed by atoms with van der Waals surface area (Å²) in [6.07, 6.45) is 0.271. The molecule has 1 N–H and O–H groups in total. The third-order valence-electron chi connectivity index (χ3n) is 4.02. The minimum absolute atomic E-state index is 0.113. The number of benzene rings is 2. The monoisotopic (exact) mass is 351 g/mol. The van der Waals surface area contributed by atoms with Crippen LogP contribution in [-0.4, -0.2) is 23.2 Å². The fraction of sp³-hybridized carbons (Fsp3) is 0.250. The first-order valence-corrected chi connectivity index (χ1v) is 8.38. The summed E-state index contributed by atoms with van der Waals surface area (Å²) in [6, 6.07) is 14.9. The lowest BCUT2D eigenvalue weighted by atomic mass is 10.1. The third kappa shape index (κ3) is 4.27. The maximum atomic E-state index is 12.2. The summed E-state index contributed by atoms with van der Waals surface area (Å²) in [4.78, 5) is 16.6. The number of nitrogens with zero attached hydrogens (tertiary/aromatic N) is 2. The molecule has 0 aliphatic heterocycles. The molecule has 0 unspecified atom stereocenters. The first-order chi connectivity index (χ1) is 12.5. The molecule has 26 heavy (non-hydrogen) atoms. The highest BCUT2D eigenvalue weighted by Crippen LogP contribution is 2.19. The van der Waals surface area contributed by atoms with E-state index in [1.54, 1.807) is 7.11 Å². The van der Waals surface area contributed by atoms with Crippen molar-refractivity contribution in [3.8, 4) is 17.1 Å². The van der Waals surface area contributed by atoms with Gasteiger partial charge in [-0.2, -0.15) is 4.98 Å². The molecule has 0 aliphatic carbocycles. The Balaban J connectivity index is 1.61. The molecule has 0 fully saturated rings. The molecule has 1 amide bonds. The summed E-state index contributed by atoms with van der Waals surface area (Å²) in [5.41, 5.74) is 2.94. The Bertz CT molecular complexity index is 870. The van der Waals surface area contributed by atoms with Gasteiger partial charge in [0.1, 0.15) is 11.8 Å². The maximum absolute atomic E-state index is 12.2. The molecule has 1 atom stereocenters. The SMILES string of the molecule is COc1ccc(CC(=O)N[C@@H](C)c2nc(-c3ccc(C)cc3)no2)cc1. The van der Waals surface area contributed by atoms with E-state index in [0.29, 0.717) is 11.7 Å². The Morgan fingerprint density at radius 2 is 1.85 bits per heavy atom. The second-order valence-corrected chi connectivity index (χ2v) is 6.14. The minimum Gasteiger partial charge on any atom is -0.497 e. The molecule has 1 heterocycles. The molecule has 1 aromatic heterocycles. The van der Waals surface area contributed by atoms with Crippen molar-refractivity contribution in [2.24, 2.45) is 0 Å². The van der Waals surface area contributed by atoms with Crippen molar-refractivity contribution in [1.82, 2.24) is 15.5 Å². The first-order valence-electron chi connectivity index (χ1n) is 8.38. The quantitative estimate of drug-likeness (QED) is 0.736. The number of aromatic nitrogens is 2. The lowest BCUT2D eigenvalue weighted by Crippen LogP contribution is -2.28. The predicted octanol–water partition coefficient (Wildman–Crippen LogP) is 3.47. The Morgan fingerprint density at radius 3 is 2.50 bits per heavy atom. The number of ether oxygens (including phenoxy) is 1. The second kappa shape index (κ2) is 7.82. The van der Waals surface area contributed by atoms with Crippen LogP contribution in [0.25, 0.3) is 11.4 Å². The van der Waals surface area contributed by atoms with Gasteiger partial charge >= 0.3 is 0 Å². The van der Waals surface area contributed by atoms with Crippen molar-refractivity contribution in [1.29, 1.82) is 0 Å². The number of methoxy groups -OCH3 is 1. The van der Waals surface area contributed by atoms with Crippen molar-refractivity contribution in [3.63, 3.8) is 0 Å². The van der Waals surface area contributed by atoms with E-state index >= 15 is 0 Å². The summed E-state index contributed by atoms with van der Waals surface area (Å²) < 4.78 is 10.4. The van der Waals surface area contributed by atoms with Gasteiger partial charge in [0, 0.05) is 5.56 Å². The maximum Gasteiger partial charge on any atom is 0.249 e. The van der Waals surface area contributed by atoms with Gasteiger partial charge in [-0.05, 0) is 31.5 Å². The Morgan fingerprint density at radius 1 is 1.15 bits per heavy atom. The standard InChI is InChI=1S/C20H21N3O3/c1-13-4-8-16(9-5-13)19-22-20(26-23-19)14(2)21-18(24)12-15-6-10-17(25-3)11-7-15/h4-11,14H,12H2,1-3H3,(H,21,24)/t14-/m0/s1. The smallest absolute Gasteiger partial charge is 0.249 e. The summed E-state index contributed by atoms with van der Waals surface area (Å²) in [5.74, 6) is 1.54. The van der Waals surface area contributed by atoms with Gasteiger partial charge < -0.3 is 14.6 Å². The highest BCUT2D eigenvalue weighted by Gasteiger charge is 2.17. The average Bonchev–Trinajstić information content (AvgIpc) is 3.13. The molecule has 3 aromatic rings. The second-order valence-electron chi connectivity index (χ2n) is 6.14. The number of hydrogen-bond acceptors (Lipinski definition) is 5.